The minimum atomic E-state index is -0.446. The van der Waals surface area contributed by atoms with Crippen LogP contribution in [0.5, 0.6) is 0 Å². The molecular formula is C32H37ClIrP+. The predicted molar refractivity (Wildman–Crippen MR) is 151 cm³/mol. The van der Waals surface area contributed by atoms with Crippen LogP contribution in [0.2, 0.25) is 0 Å². The second-order valence-electron chi connectivity index (χ2n) is 8.04. The van der Waals surface area contributed by atoms with E-state index in [0.29, 0.717) is 0 Å². The monoisotopic (exact) mass is 680 g/mol. The van der Waals surface area contributed by atoms with Crippen LogP contribution >= 0.6 is 7.92 Å². The fraction of sp³-hybridized carbons (Fsp3) is 0.188. The summed E-state index contributed by atoms with van der Waals surface area (Å²) in [5.74, 6) is 0. The maximum atomic E-state index is 3.42. The molecule has 4 aromatic rings. The molecule has 0 fully saturated rings. The topological polar surface area (TPSA) is 0 Å². The zero-order valence-corrected chi connectivity index (χ0v) is 25.7. The van der Waals surface area contributed by atoms with Crippen molar-refractivity contribution in [3.05, 3.63) is 138 Å². The van der Waals surface area contributed by atoms with Crippen LogP contribution in [-0.2, 0) is 20.1 Å². The standard InChI is InChI=1S/C18H15P.C10H15.C4H7.ClH.Ir/c1-4-10-16(11-5-1)19(17-12-6-2-7-13-17)18-14-8-3-9-15-18;1-6-7(2)9(4)10(5)8(6)3;1-3-4-2;;/h1-15H;1-5H3;3-4H,1H2,2H3;1H;/q;-1;;;+3/p-1/b;;4-3+;;. The number of hydrogen-bond donors (Lipinski definition) is 0. The van der Waals surface area contributed by atoms with E-state index in [-0.39, 0.29) is 32.5 Å². The minimum Gasteiger partial charge on any atom is -1.00 e. The van der Waals surface area contributed by atoms with Crippen LogP contribution < -0.4 is 28.3 Å². The molecule has 0 nitrogen and oxygen atoms in total. The number of allylic oxidation sites excluding steroid dienone is 2. The summed E-state index contributed by atoms with van der Waals surface area (Å²) in [6, 6.07) is 32.3. The van der Waals surface area contributed by atoms with Gasteiger partial charge in [0.1, 0.15) is 0 Å². The van der Waals surface area contributed by atoms with E-state index in [4.69, 9.17) is 0 Å². The predicted octanol–water partition coefficient (Wildman–Crippen LogP) is 4.79. The molecule has 0 heterocycles. The molecule has 0 aromatic heterocycles. The largest absolute Gasteiger partial charge is 3.00 e. The van der Waals surface area contributed by atoms with Gasteiger partial charge in [-0.3, -0.25) is 0 Å². The fourth-order valence-corrected chi connectivity index (χ4v) is 5.89. The molecule has 0 aliphatic heterocycles. The molecule has 0 N–H and O–H groups in total. The van der Waals surface area contributed by atoms with Crippen molar-refractivity contribution in [3.8, 4) is 0 Å². The third-order valence-corrected chi connectivity index (χ3v) is 8.54. The fourth-order valence-electron chi connectivity index (χ4n) is 3.58. The third-order valence-electron chi connectivity index (χ3n) is 6.09. The molecule has 0 spiro atoms. The van der Waals surface area contributed by atoms with Gasteiger partial charge in [0.25, 0.3) is 0 Å². The summed E-state index contributed by atoms with van der Waals surface area (Å²) in [4.78, 5) is 0. The van der Waals surface area contributed by atoms with Gasteiger partial charge in [0, 0.05) is 0 Å². The van der Waals surface area contributed by atoms with Crippen molar-refractivity contribution < 1.29 is 32.5 Å². The Kier molecular flexibility index (Phi) is 16.6. The molecule has 0 amide bonds. The number of rotatable bonds is 3. The Hall–Kier alpha value is -1.88. The van der Waals surface area contributed by atoms with Gasteiger partial charge in [0.2, 0.25) is 0 Å². The summed E-state index contributed by atoms with van der Waals surface area (Å²) in [6.45, 7) is 16.4. The second-order valence-corrected chi connectivity index (χ2v) is 10.3. The zero-order valence-electron chi connectivity index (χ0n) is 21.7. The third kappa shape index (κ3) is 9.59. The smallest absolute Gasteiger partial charge is 1.00 e. The van der Waals surface area contributed by atoms with Crippen molar-refractivity contribution in [2.75, 3.05) is 0 Å². The summed E-state index contributed by atoms with van der Waals surface area (Å²) in [5.41, 5.74) is 7.34. The van der Waals surface area contributed by atoms with Gasteiger partial charge in [-0.25, -0.2) is 0 Å². The van der Waals surface area contributed by atoms with Crippen molar-refractivity contribution in [2.24, 2.45) is 0 Å². The van der Waals surface area contributed by atoms with Gasteiger partial charge in [0.15, 0.2) is 0 Å². The van der Waals surface area contributed by atoms with Crippen molar-refractivity contribution in [1.29, 1.82) is 0 Å². The van der Waals surface area contributed by atoms with E-state index in [0.717, 1.165) is 0 Å². The molecule has 0 saturated heterocycles. The maximum absolute atomic E-state index is 3.42. The van der Waals surface area contributed by atoms with Crippen LogP contribution in [0.15, 0.2) is 103 Å². The van der Waals surface area contributed by atoms with Gasteiger partial charge in [-0.05, 0) is 37.7 Å². The van der Waals surface area contributed by atoms with Crippen LogP contribution in [0.3, 0.4) is 0 Å². The zero-order chi connectivity index (χ0) is 24.2. The molecular weight excluding hydrogens is 643 g/mol. The normalized spacial score (nSPS) is 9.83. The minimum absolute atomic E-state index is 0. The number of benzene rings is 3. The first kappa shape index (κ1) is 33.1. The summed E-state index contributed by atoms with van der Waals surface area (Å²) in [6.07, 6.45) is 3.64. The van der Waals surface area contributed by atoms with Gasteiger partial charge in [-0.1, -0.05) is 138 Å². The summed E-state index contributed by atoms with van der Waals surface area (Å²) < 4.78 is 0. The molecule has 0 aliphatic carbocycles. The van der Waals surface area contributed by atoms with Crippen LogP contribution in [0.25, 0.3) is 0 Å². The van der Waals surface area contributed by atoms with E-state index in [2.05, 4.69) is 133 Å². The quantitative estimate of drug-likeness (QED) is 0.216. The Morgan fingerprint density at radius 2 is 0.886 bits per heavy atom. The molecule has 0 atom stereocenters. The Morgan fingerprint density at radius 3 is 1.06 bits per heavy atom. The molecule has 3 heteroatoms. The van der Waals surface area contributed by atoms with Crippen molar-refractivity contribution in [2.45, 2.75) is 41.5 Å². The Morgan fingerprint density at radius 1 is 0.629 bits per heavy atom. The van der Waals surface area contributed by atoms with E-state index in [1.807, 2.05) is 13.0 Å². The van der Waals surface area contributed by atoms with Gasteiger partial charge in [-0.2, -0.15) is 27.8 Å². The first-order valence-corrected chi connectivity index (χ1v) is 12.8. The van der Waals surface area contributed by atoms with Gasteiger partial charge >= 0.3 is 20.1 Å². The Labute approximate surface area is 234 Å². The number of hydrogen-bond acceptors (Lipinski definition) is 0. The van der Waals surface area contributed by atoms with E-state index in [1.54, 1.807) is 6.08 Å². The van der Waals surface area contributed by atoms with E-state index in [9.17, 15) is 0 Å². The molecule has 0 bridgehead atoms. The summed E-state index contributed by atoms with van der Waals surface area (Å²) in [5, 5.41) is 4.19. The first-order chi connectivity index (χ1) is 15.9. The average molecular weight is 680 g/mol. The van der Waals surface area contributed by atoms with Gasteiger partial charge in [-0.15, -0.1) is 0 Å². The van der Waals surface area contributed by atoms with Crippen molar-refractivity contribution >= 4 is 23.8 Å². The van der Waals surface area contributed by atoms with Crippen LogP contribution in [0.4, 0.5) is 0 Å². The molecule has 35 heavy (non-hydrogen) atoms. The van der Waals surface area contributed by atoms with E-state index >= 15 is 0 Å². The molecule has 4 aromatic carbocycles. The molecule has 0 aliphatic rings. The maximum Gasteiger partial charge on any atom is 3.00 e. The summed E-state index contributed by atoms with van der Waals surface area (Å²) in [7, 11) is -0.446. The van der Waals surface area contributed by atoms with Crippen LogP contribution in [0.1, 0.15) is 34.7 Å². The molecule has 1 radical (unpaired) electrons. The number of halogens is 1. The van der Waals surface area contributed by atoms with E-state index < -0.39 is 7.92 Å². The van der Waals surface area contributed by atoms with Crippen LogP contribution in [0, 0.1) is 41.5 Å². The van der Waals surface area contributed by atoms with Crippen LogP contribution in [-0.4, -0.2) is 0 Å². The Bertz CT molecular complexity index is 938. The van der Waals surface area contributed by atoms with E-state index in [1.165, 1.54) is 43.7 Å². The Balaban J connectivity index is 0.000000615. The molecule has 185 valence electrons. The molecule has 0 saturated carbocycles. The summed E-state index contributed by atoms with van der Waals surface area (Å²) >= 11 is 0. The molecule has 0 unspecified atom stereocenters. The second kappa shape index (κ2) is 17.5. The first-order valence-electron chi connectivity index (χ1n) is 11.5. The average Bonchev–Trinajstić information content (AvgIpc) is 3.04. The van der Waals surface area contributed by atoms with Crippen molar-refractivity contribution in [1.82, 2.24) is 0 Å². The van der Waals surface area contributed by atoms with Gasteiger partial charge < -0.3 is 12.4 Å². The van der Waals surface area contributed by atoms with Gasteiger partial charge in [0.05, 0.1) is 0 Å². The SMILES string of the molecule is Cc1c(C)c(C)[c-](C)c1C.[CH2]/C=C/C.[Cl-].[Ir+3].c1ccc(P(c2ccccc2)c2ccccc2)cc1. The van der Waals surface area contributed by atoms with Crippen molar-refractivity contribution in [3.63, 3.8) is 0 Å². The molecule has 4 rings (SSSR count).